The fourth-order valence-corrected chi connectivity index (χ4v) is 2.15. The van der Waals surface area contributed by atoms with E-state index in [0.717, 1.165) is 6.07 Å². The number of rotatable bonds is 2. The number of nitrogens with zero attached hydrogens (tertiary/aromatic N) is 1. The molecule has 0 unspecified atom stereocenters. The number of nitrogens with one attached hydrogen (secondary N) is 1. The fourth-order valence-electron chi connectivity index (χ4n) is 1.99. The first-order valence-electron chi connectivity index (χ1n) is 6.16. The summed E-state index contributed by atoms with van der Waals surface area (Å²) in [6.07, 6.45) is 0. The number of oxazole rings is 1. The number of fused-ring (bicyclic) bond motifs is 1. The summed E-state index contributed by atoms with van der Waals surface area (Å²) >= 11 is 5.66. The van der Waals surface area contributed by atoms with E-state index in [9.17, 15) is 9.18 Å². The third kappa shape index (κ3) is 2.73. The van der Waals surface area contributed by atoms with Gasteiger partial charge in [-0.25, -0.2) is 9.37 Å². The van der Waals surface area contributed by atoms with Crippen molar-refractivity contribution in [3.05, 3.63) is 58.7 Å². The topological polar surface area (TPSA) is 55.1 Å². The maximum absolute atomic E-state index is 13.7. The van der Waals surface area contributed by atoms with E-state index in [2.05, 4.69) is 10.3 Å². The molecular formula is C15H10ClFN2O2. The van der Waals surface area contributed by atoms with Crippen molar-refractivity contribution in [1.82, 2.24) is 4.98 Å². The standard InChI is InChI=1S/C15H10ClFN2O2/c1-8-18-13-7-10(3-5-14(13)21-8)19-15(20)11-4-2-9(16)6-12(11)17/h2-7H,1H3,(H,19,20). The number of amides is 1. The molecule has 0 spiro atoms. The Morgan fingerprint density at radius 3 is 2.86 bits per heavy atom. The molecule has 2 aromatic carbocycles. The Labute approximate surface area is 124 Å². The number of carbonyl (C=O) groups is 1. The molecule has 4 nitrogen and oxygen atoms in total. The van der Waals surface area contributed by atoms with Gasteiger partial charge >= 0.3 is 0 Å². The average Bonchev–Trinajstić information content (AvgIpc) is 2.77. The monoisotopic (exact) mass is 304 g/mol. The van der Waals surface area contributed by atoms with Crippen LogP contribution < -0.4 is 5.32 Å². The van der Waals surface area contributed by atoms with E-state index in [4.69, 9.17) is 16.0 Å². The Bertz CT molecular complexity index is 845. The van der Waals surface area contributed by atoms with Crippen molar-refractivity contribution >= 4 is 34.3 Å². The first-order chi connectivity index (χ1) is 10.0. The van der Waals surface area contributed by atoms with Gasteiger partial charge in [0.1, 0.15) is 11.3 Å². The van der Waals surface area contributed by atoms with Crippen LogP contribution in [0.1, 0.15) is 16.2 Å². The normalized spacial score (nSPS) is 10.8. The second-order valence-corrected chi connectivity index (χ2v) is 4.93. The van der Waals surface area contributed by atoms with Crippen molar-refractivity contribution in [3.8, 4) is 0 Å². The van der Waals surface area contributed by atoms with Gasteiger partial charge in [-0.2, -0.15) is 0 Å². The Kier molecular flexibility index (Phi) is 3.35. The first kappa shape index (κ1) is 13.6. The van der Waals surface area contributed by atoms with Gasteiger partial charge in [0.05, 0.1) is 5.56 Å². The van der Waals surface area contributed by atoms with Gasteiger partial charge in [0, 0.05) is 17.6 Å². The van der Waals surface area contributed by atoms with Crippen LogP contribution in [0.4, 0.5) is 10.1 Å². The number of hydrogen-bond acceptors (Lipinski definition) is 3. The number of hydrogen-bond donors (Lipinski definition) is 1. The molecule has 0 fully saturated rings. The highest BCUT2D eigenvalue weighted by atomic mass is 35.5. The van der Waals surface area contributed by atoms with Gasteiger partial charge in [-0.05, 0) is 36.4 Å². The van der Waals surface area contributed by atoms with Crippen LogP contribution in [0, 0.1) is 12.7 Å². The first-order valence-corrected chi connectivity index (χ1v) is 6.54. The molecule has 106 valence electrons. The highest BCUT2D eigenvalue weighted by Gasteiger charge is 2.13. The lowest BCUT2D eigenvalue weighted by Crippen LogP contribution is -2.13. The van der Waals surface area contributed by atoms with Crippen LogP contribution in [-0.4, -0.2) is 10.9 Å². The van der Waals surface area contributed by atoms with E-state index < -0.39 is 11.7 Å². The SMILES string of the molecule is Cc1nc2cc(NC(=O)c3ccc(Cl)cc3F)ccc2o1. The molecule has 0 aliphatic carbocycles. The number of aryl methyl sites for hydroxylation is 1. The van der Waals surface area contributed by atoms with Gasteiger partial charge < -0.3 is 9.73 Å². The number of anilines is 1. The maximum atomic E-state index is 13.7. The van der Waals surface area contributed by atoms with Crippen molar-refractivity contribution in [1.29, 1.82) is 0 Å². The summed E-state index contributed by atoms with van der Waals surface area (Å²) in [5.74, 6) is -0.681. The van der Waals surface area contributed by atoms with Crippen LogP contribution in [-0.2, 0) is 0 Å². The Morgan fingerprint density at radius 2 is 2.10 bits per heavy atom. The van der Waals surface area contributed by atoms with Gasteiger partial charge in [-0.15, -0.1) is 0 Å². The fraction of sp³-hybridized carbons (Fsp3) is 0.0667. The third-order valence-electron chi connectivity index (χ3n) is 2.93. The van der Waals surface area contributed by atoms with Crippen LogP contribution in [0.15, 0.2) is 40.8 Å². The van der Waals surface area contributed by atoms with Gasteiger partial charge in [0.25, 0.3) is 5.91 Å². The number of benzene rings is 2. The molecule has 1 aromatic heterocycles. The lowest BCUT2D eigenvalue weighted by Gasteiger charge is -2.06. The molecule has 0 aliphatic heterocycles. The lowest BCUT2D eigenvalue weighted by molar-refractivity contribution is 0.102. The van der Waals surface area contributed by atoms with Crippen LogP contribution in [0.2, 0.25) is 5.02 Å². The molecule has 0 saturated carbocycles. The second kappa shape index (κ2) is 5.18. The van der Waals surface area contributed by atoms with Crippen LogP contribution in [0.5, 0.6) is 0 Å². The van der Waals surface area contributed by atoms with Crippen LogP contribution >= 0.6 is 11.6 Å². The van der Waals surface area contributed by atoms with E-state index in [-0.39, 0.29) is 10.6 Å². The number of carbonyl (C=O) groups excluding carboxylic acids is 1. The quantitative estimate of drug-likeness (QED) is 0.772. The van der Waals surface area contributed by atoms with E-state index in [0.29, 0.717) is 22.7 Å². The zero-order chi connectivity index (χ0) is 15.0. The summed E-state index contributed by atoms with van der Waals surface area (Å²) in [5, 5.41) is 2.86. The largest absolute Gasteiger partial charge is 0.441 e. The maximum Gasteiger partial charge on any atom is 0.258 e. The molecule has 1 N–H and O–H groups in total. The van der Waals surface area contributed by atoms with Crippen molar-refractivity contribution in [2.45, 2.75) is 6.92 Å². The van der Waals surface area contributed by atoms with E-state index in [1.165, 1.54) is 12.1 Å². The molecule has 0 bridgehead atoms. The van der Waals surface area contributed by atoms with Gasteiger partial charge in [-0.3, -0.25) is 4.79 Å². The number of halogens is 2. The molecule has 0 aliphatic rings. The summed E-state index contributed by atoms with van der Waals surface area (Å²) < 4.78 is 19.0. The van der Waals surface area contributed by atoms with E-state index in [1.807, 2.05) is 0 Å². The third-order valence-corrected chi connectivity index (χ3v) is 3.16. The van der Waals surface area contributed by atoms with Crippen LogP contribution in [0.25, 0.3) is 11.1 Å². The Balaban J connectivity index is 1.88. The lowest BCUT2D eigenvalue weighted by atomic mass is 10.2. The molecule has 3 rings (SSSR count). The number of aromatic nitrogens is 1. The summed E-state index contributed by atoms with van der Waals surface area (Å²) in [7, 11) is 0. The zero-order valence-corrected chi connectivity index (χ0v) is 11.7. The van der Waals surface area contributed by atoms with E-state index >= 15 is 0 Å². The summed E-state index contributed by atoms with van der Waals surface area (Å²) in [6, 6.07) is 8.93. The highest BCUT2D eigenvalue weighted by molar-refractivity contribution is 6.30. The second-order valence-electron chi connectivity index (χ2n) is 4.49. The summed E-state index contributed by atoms with van der Waals surface area (Å²) in [6.45, 7) is 1.74. The zero-order valence-electron chi connectivity index (χ0n) is 11.0. The van der Waals surface area contributed by atoms with Gasteiger partial charge in [-0.1, -0.05) is 11.6 Å². The summed E-state index contributed by atoms with van der Waals surface area (Å²) in [4.78, 5) is 16.2. The molecule has 3 aromatic rings. The minimum Gasteiger partial charge on any atom is -0.441 e. The van der Waals surface area contributed by atoms with Crippen molar-refractivity contribution < 1.29 is 13.6 Å². The molecule has 1 amide bonds. The minimum atomic E-state index is -0.668. The molecule has 1 heterocycles. The Hall–Kier alpha value is -2.40. The predicted molar refractivity (Wildman–Crippen MR) is 78.1 cm³/mol. The van der Waals surface area contributed by atoms with Crippen molar-refractivity contribution in [2.75, 3.05) is 5.32 Å². The predicted octanol–water partition coefficient (Wildman–Crippen LogP) is 4.18. The summed E-state index contributed by atoms with van der Waals surface area (Å²) in [5.41, 5.74) is 1.69. The minimum absolute atomic E-state index is 0.0733. The van der Waals surface area contributed by atoms with Crippen molar-refractivity contribution in [3.63, 3.8) is 0 Å². The average molecular weight is 305 g/mol. The highest BCUT2D eigenvalue weighted by Crippen LogP contribution is 2.21. The van der Waals surface area contributed by atoms with Gasteiger partial charge in [0.2, 0.25) is 0 Å². The smallest absolute Gasteiger partial charge is 0.258 e. The van der Waals surface area contributed by atoms with Gasteiger partial charge in [0.15, 0.2) is 11.5 Å². The molecule has 6 heteroatoms. The molecule has 21 heavy (non-hydrogen) atoms. The Morgan fingerprint density at radius 1 is 1.29 bits per heavy atom. The van der Waals surface area contributed by atoms with E-state index in [1.54, 1.807) is 25.1 Å². The molecule has 0 atom stereocenters. The molecular weight excluding hydrogens is 295 g/mol. The molecule has 0 saturated heterocycles. The van der Waals surface area contributed by atoms with Crippen LogP contribution in [0.3, 0.4) is 0 Å². The van der Waals surface area contributed by atoms with Crippen molar-refractivity contribution in [2.24, 2.45) is 0 Å². The molecule has 0 radical (unpaired) electrons.